The van der Waals surface area contributed by atoms with Crippen molar-refractivity contribution < 1.29 is 14.5 Å². The number of carbonyl (C=O) groups is 1. The Balaban J connectivity index is 0. The van der Waals surface area contributed by atoms with Crippen molar-refractivity contribution in [2.75, 3.05) is 20.7 Å². The van der Waals surface area contributed by atoms with Crippen molar-refractivity contribution in [3.05, 3.63) is 10.1 Å². The van der Waals surface area contributed by atoms with Gasteiger partial charge in [0.1, 0.15) is 0 Å². The van der Waals surface area contributed by atoms with E-state index in [4.69, 9.17) is 21.7 Å². The second-order valence-corrected chi connectivity index (χ2v) is 3.95. The van der Waals surface area contributed by atoms with E-state index < -0.39 is 11.3 Å². The highest BCUT2D eigenvalue weighted by molar-refractivity contribution is 7.96. The van der Waals surface area contributed by atoms with Gasteiger partial charge < -0.3 is 15.4 Å². The first-order valence-corrected chi connectivity index (χ1v) is 5.53. The van der Waals surface area contributed by atoms with E-state index in [1.165, 1.54) is 0 Å². The third-order valence-corrected chi connectivity index (χ3v) is 2.02. The van der Waals surface area contributed by atoms with Crippen LogP contribution in [0.3, 0.4) is 0 Å². The topological polar surface area (TPSA) is 98.7 Å². The van der Waals surface area contributed by atoms with Crippen molar-refractivity contribution in [2.45, 2.75) is 19.4 Å². The summed E-state index contributed by atoms with van der Waals surface area (Å²) in [5.74, 6) is 0. The van der Waals surface area contributed by atoms with Crippen LogP contribution in [0.4, 0.5) is 4.79 Å². The number of nitrogens with two attached hydrogens (primary N) is 1. The number of hydrogen-bond acceptors (Lipinski definition) is 5. The van der Waals surface area contributed by atoms with E-state index >= 15 is 0 Å². The van der Waals surface area contributed by atoms with Crippen molar-refractivity contribution >= 4 is 35.3 Å². The first-order valence-electron chi connectivity index (χ1n) is 4.68. The lowest BCUT2D eigenvalue weighted by molar-refractivity contribution is -0.525. The summed E-state index contributed by atoms with van der Waals surface area (Å²) < 4.78 is 5.03. The summed E-state index contributed by atoms with van der Waals surface area (Å²) in [5, 5.41) is 10.0. The van der Waals surface area contributed by atoms with Gasteiger partial charge in [-0.3, -0.25) is 14.9 Å². The molecule has 0 saturated carbocycles. The Kier molecular flexibility index (Phi) is 10.8. The van der Waals surface area contributed by atoms with E-state index in [0.717, 1.165) is 0 Å². The SMILES string of the molecule is CCC(COC(=S)N(C)C)[N+](=O)[O-].NC(=O)S. The van der Waals surface area contributed by atoms with E-state index in [1.54, 1.807) is 25.9 Å². The molecule has 2 N–H and O–H groups in total. The van der Waals surface area contributed by atoms with Crippen molar-refractivity contribution in [3.8, 4) is 0 Å². The van der Waals surface area contributed by atoms with Gasteiger partial charge in [-0.05, 0) is 12.2 Å². The average Bonchev–Trinajstić information content (AvgIpc) is 2.16. The molecule has 0 aliphatic rings. The largest absolute Gasteiger partial charge is 0.464 e. The van der Waals surface area contributed by atoms with Crippen LogP contribution in [0.2, 0.25) is 0 Å². The fourth-order valence-corrected chi connectivity index (χ4v) is 0.692. The van der Waals surface area contributed by atoms with E-state index in [1.807, 2.05) is 0 Å². The molecule has 0 fully saturated rings. The highest BCUT2D eigenvalue weighted by Gasteiger charge is 2.18. The molecule has 0 heterocycles. The smallest absolute Gasteiger partial charge is 0.273 e. The summed E-state index contributed by atoms with van der Waals surface area (Å²) in [6.45, 7) is 1.79. The molecule has 0 aliphatic carbocycles. The second-order valence-electron chi connectivity index (χ2n) is 3.16. The maximum atomic E-state index is 10.4. The minimum absolute atomic E-state index is 0.0422. The number of rotatable bonds is 4. The Bertz CT molecular complexity index is 269. The lowest BCUT2D eigenvalue weighted by Gasteiger charge is -2.15. The summed E-state index contributed by atoms with van der Waals surface area (Å²) in [7, 11) is 3.46. The molecule has 0 rings (SSSR count). The third-order valence-electron chi connectivity index (χ3n) is 1.53. The van der Waals surface area contributed by atoms with Gasteiger partial charge >= 0.3 is 0 Å². The average molecular weight is 283 g/mol. The van der Waals surface area contributed by atoms with Crippen LogP contribution in [-0.4, -0.2) is 47.0 Å². The summed E-state index contributed by atoms with van der Waals surface area (Å²) in [6.07, 6.45) is 0.447. The molecule has 1 amide bonds. The molecular weight excluding hydrogens is 266 g/mol. The third kappa shape index (κ3) is 12.8. The zero-order chi connectivity index (χ0) is 14.0. The second kappa shape index (κ2) is 10.1. The Labute approximate surface area is 111 Å². The summed E-state index contributed by atoms with van der Waals surface area (Å²) >= 11 is 7.92. The van der Waals surface area contributed by atoms with Crippen molar-refractivity contribution in [1.82, 2.24) is 4.90 Å². The van der Waals surface area contributed by atoms with Crippen LogP contribution in [0.25, 0.3) is 0 Å². The van der Waals surface area contributed by atoms with Crippen LogP contribution in [-0.2, 0) is 4.74 Å². The van der Waals surface area contributed by atoms with Crippen LogP contribution in [0, 0.1) is 10.1 Å². The number of hydrogen-bond donors (Lipinski definition) is 2. The number of ether oxygens (including phenoxy) is 1. The van der Waals surface area contributed by atoms with Gasteiger partial charge in [0.2, 0.25) is 6.04 Å². The number of carbonyl (C=O) groups excluding carboxylic acids is 1. The summed E-state index contributed by atoms with van der Waals surface area (Å²) in [4.78, 5) is 20.7. The fourth-order valence-electron chi connectivity index (χ4n) is 0.624. The van der Waals surface area contributed by atoms with Gasteiger partial charge in [-0.1, -0.05) is 19.6 Å². The Morgan fingerprint density at radius 2 is 2.06 bits per heavy atom. The molecule has 7 nitrogen and oxygen atoms in total. The first-order chi connectivity index (χ1) is 7.72. The molecular formula is C8H17N3O4S2. The minimum atomic E-state index is -0.669. The van der Waals surface area contributed by atoms with Gasteiger partial charge in [0.15, 0.2) is 6.61 Å². The quantitative estimate of drug-likeness (QED) is 0.344. The molecule has 0 aromatic rings. The molecule has 0 aromatic carbocycles. The number of nitrogens with zero attached hydrogens (tertiary/aromatic N) is 2. The number of amides is 1. The molecule has 1 atom stereocenters. The van der Waals surface area contributed by atoms with Crippen molar-refractivity contribution in [1.29, 1.82) is 0 Å². The predicted molar refractivity (Wildman–Crippen MR) is 71.9 cm³/mol. The van der Waals surface area contributed by atoms with E-state index in [2.05, 4.69) is 18.4 Å². The molecule has 17 heavy (non-hydrogen) atoms. The number of thiocarbonyl (C=S) groups is 1. The number of primary amides is 1. The van der Waals surface area contributed by atoms with E-state index in [0.29, 0.717) is 6.42 Å². The van der Waals surface area contributed by atoms with E-state index in [9.17, 15) is 10.1 Å². The van der Waals surface area contributed by atoms with Crippen molar-refractivity contribution in [2.24, 2.45) is 5.73 Å². The van der Waals surface area contributed by atoms with Gasteiger partial charge in [0.25, 0.3) is 10.4 Å². The van der Waals surface area contributed by atoms with Crippen LogP contribution in [0.5, 0.6) is 0 Å². The molecule has 0 aliphatic heterocycles. The Hall–Kier alpha value is -1.09. The normalized spacial score (nSPS) is 10.6. The monoisotopic (exact) mass is 283 g/mol. The highest BCUT2D eigenvalue weighted by atomic mass is 32.1. The van der Waals surface area contributed by atoms with Crippen molar-refractivity contribution in [3.63, 3.8) is 0 Å². The van der Waals surface area contributed by atoms with Gasteiger partial charge in [-0.25, -0.2) is 0 Å². The zero-order valence-electron chi connectivity index (χ0n) is 9.95. The fraction of sp³-hybridized carbons (Fsp3) is 0.750. The minimum Gasteiger partial charge on any atom is -0.464 e. The predicted octanol–water partition coefficient (Wildman–Crippen LogP) is 0.900. The molecule has 1 unspecified atom stereocenters. The lowest BCUT2D eigenvalue weighted by Crippen LogP contribution is -2.30. The molecule has 0 bridgehead atoms. The number of thiol groups is 1. The van der Waals surface area contributed by atoms with Crippen LogP contribution in [0.1, 0.15) is 13.3 Å². The zero-order valence-corrected chi connectivity index (χ0v) is 11.7. The van der Waals surface area contributed by atoms with Crippen LogP contribution < -0.4 is 5.73 Å². The Morgan fingerprint density at radius 3 is 2.29 bits per heavy atom. The first kappa shape index (κ1) is 18.3. The van der Waals surface area contributed by atoms with Crippen LogP contribution in [0.15, 0.2) is 0 Å². The maximum absolute atomic E-state index is 10.4. The van der Waals surface area contributed by atoms with E-state index in [-0.39, 0.29) is 16.7 Å². The lowest BCUT2D eigenvalue weighted by atomic mass is 10.2. The van der Waals surface area contributed by atoms with Gasteiger partial charge in [-0.2, -0.15) is 0 Å². The van der Waals surface area contributed by atoms with Gasteiger partial charge in [-0.15, -0.1) is 0 Å². The van der Waals surface area contributed by atoms with Gasteiger partial charge in [0, 0.05) is 25.4 Å². The van der Waals surface area contributed by atoms with Crippen LogP contribution >= 0.6 is 24.8 Å². The standard InChI is InChI=1S/C7H14N2O3S.CH3NOS/c1-4-6(9(10)11)5-12-7(13)8(2)3;2-1(3)4/h6H,4-5H2,1-3H3;(H3,2,3,4). The molecule has 9 heteroatoms. The summed E-state index contributed by atoms with van der Waals surface area (Å²) in [6, 6.07) is -0.669. The molecule has 0 aromatic heterocycles. The molecule has 100 valence electrons. The number of nitro groups is 1. The maximum Gasteiger partial charge on any atom is 0.273 e. The highest BCUT2D eigenvalue weighted by Crippen LogP contribution is 1.98. The molecule has 0 radical (unpaired) electrons. The molecule has 0 saturated heterocycles. The summed E-state index contributed by atoms with van der Waals surface area (Å²) in [5.41, 5.74) is 4.34. The Morgan fingerprint density at radius 1 is 1.65 bits per heavy atom. The molecule has 0 spiro atoms. The van der Waals surface area contributed by atoms with Gasteiger partial charge in [0.05, 0.1) is 0 Å².